The molecule has 0 radical (unpaired) electrons. The third kappa shape index (κ3) is 2.68. The third-order valence-corrected chi connectivity index (χ3v) is 2.82. The summed E-state index contributed by atoms with van der Waals surface area (Å²) >= 11 is 6.06. The zero-order chi connectivity index (χ0) is 13.1. The maximum atomic E-state index is 11.7. The lowest BCUT2D eigenvalue weighted by atomic mass is 10.2. The van der Waals surface area contributed by atoms with Crippen LogP contribution < -0.4 is 0 Å². The van der Waals surface area contributed by atoms with E-state index in [4.69, 9.17) is 11.6 Å². The van der Waals surface area contributed by atoms with Crippen molar-refractivity contribution in [3.63, 3.8) is 0 Å². The van der Waals surface area contributed by atoms with Crippen LogP contribution in [-0.2, 0) is 6.54 Å². The van der Waals surface area contributed by atoms with Gasteiger partial charge in [0, 0.05) is 19.1 Å². The van der Waals surface area contributed by atoms with Crippen LogP contribution >= 0.6 is 11.6 Å². The van der Waals surface area contributed by atoms with Gasteiger partial charge in [0.05, 0.1) is 12.7 Å². The van der Waals surface area contributed by atoms with E-state index in [1.54, 1.807) is 25.0 Å². The Labute approximate surface area is 110 Å². The molecule has 2 aromatic rings. The van der Waals surface area contributed by atoms with E-state index in [1.165, 1.54) is 4.90 Å². The van der Waals surface area contributed by atoms with Crippen molar-refractivity contribution in [2.45, 2.75) is 6.54 Å². The first-order valence-electron chi connectivity index (χ1n) is 5.43. The first-order valence-corrected chi connectivity index (χ1v) is 5.81. The zero-order valence-electron chi connectivity index (χ0n) is 10.2. The van der Waals surface area contributed by atoms with Crippen molar-refractivity contribution in [3.05, 3.63) is 46.7 Å². The van der Waals surface area contributed by atoms with Crippen molar-refractivity contribution in [2.24, 2.45) is 0 Å². The Hall–Kier alpha value is -1.88. The van der Waals surface area contributed by atoms with Crippen LogP contribution in [0.5, 0.6) is 0 Å². The molecule has 0 spiro atoms. The summed E-state index contributed by atoms with van der Waals surface area (Å²) in [5.41, 5.74) is 1.26. The molecule has 0 aliphatic rings. The Kier molecular flexibility index (Phi) is 3.62. The predicted octanol–water partition coefficient (Wildman–Crippen LogP) is 1.68. The lowest BCUT2D eigenvalue weighted by molar-refractivity contribution is 0.0822. The number of hydrogen-bond acceptors (Lipinski definition) is 3. The minimum absolute atomic E-state index is 0.166. The van der Waals surface area contributed by atoms with E-state index in [0.29, 0.717) is 17.3 Å². The van der Waals surface area contributed by atoms with Gasteiger partial charge < -0.3 is 4.90 Å². The number of hydrogen-bond donors (Lipinski definition) is 0. The van der Waals surface area contributed by atoms with Crippen molar-refractivity contribution in [2.75, 3.05) is 14.1 Å². The number of carbonyl (C=O) groups is 1. The van der Waals surface area contributed by atoms with E-state index in [0.717, 1.165) is 5.56 Å². The summed E-state index contributed by atoms with van der Waals surface area (Å²) < 4.78 is 1.60. The van der Waals surface area contributed by atoms with E-state index >= 15 is 0 Å². The second kappa shape index (κ2) is 5.18. The molecule has 0 unspecified atom stereocenters. The molecule has 2 rings (SSSR count). The summed E-state index contributed by atoms with van der Waals surface area (Å²) in [5.74, 6) is -0.166. The van der Waals surface area contributed by atoms with Crippen molar-refractivity contribution in [1.29, 1.82) is 0 Å². The maximum absolute atomic E-state index is 11.7. The molecule has 0 bridgehead atoms. The second-order valence-electron chi connectivity index (χ2n) is 4.09. The van der Waals surface area contributed by atoms with Crippen molar-refractivity contribution < 1.29 is 4.79 Å². The number of halogens is 1. The van der Waals surface area contributed by atoms with Crippen LogP contribution in [0.1, 0.15) is 16.1 Å². The second-order valence-corrected chi connectivity index (χ2v) is 4.50. The highest BCUT2D eigenvalue weighted by Gasteiger charge is 2.12. The monoisotopic (exact) mass is 264 g/mol. The highest BCUT2D eigenvalue weighted by atomic mass is 35.5. The van der Waals surface area contributed by atoms with Crippen LogP contribution in [0.15, 0.2) is 30.5 Å². The van der Waals surface area contributed by atoms with Gasteiger partial charge in [-0.3, -0.25) is 4.79 Å². The van der Waals surface area contributed by atoms with Crippen LogP contribution in [0.4, 0.5) is 0 Å². The smallest absolute Gasteiger partial charge is 0.275 e. The molecule has 94 valence electrons. The molecule has 0 fully saturated rings. The van der Waals surface area contributed by atoms with Crippen molar-refractivity contribution in [3.8, 4) is 0 Å². The van der Waals surface area contributed by atoms with Gasteiger partial charge in [-0.1, -0.05) is 35.0 Å². The number of amides is 1. The Morgan fingerprint density at radius 1 is 1.39 bits per heavy atom. The molecule has 0 saturated carbocycles. The van der Waals surface area contributed by atoms with Gasteiger partial charge in [-0.2, -0.15) is 0 Å². The Bertz CT molecular complexity index is 565. The summed E-state index contributed by atoms with van der Waals surface area (Å²) in [6.07, 6.45) is 1.62. The highest BCUT2D eigenvalue weighted by Crippen LogP contribution is 2.15. The minimum atomic E-state index is -0.166. The molecule has 5 nitrogen and oxygen atoms in total. The largest absolute Gasteiger partial charge is 0.343 e. The first-order chi connectivity index (χ1) is 8.58. The fourth-order valence-electron chi connectivity index (χ4n) is 1.50. The average molecular weight is 265 g/mol. The van der Waals surface area contributed by atoms with Crippen LogP contribution in [0.2, 0.25) is 5.02 Å². The van der Waals surface area contributed by atoms with Gasteiger partial charge in [-0.15, -0.1) is 5.10 Å². The average Bonchev–Trinajstić information content (AvgIpc) is 2.79. The molecule has 0 saturated heterocycles. The molecule has 1 aromatic carbocycles. The summed E-state index contributed by atoms with van der Waals surface area (Å²) in [6.45, 7) is 0.493. The molecular weight excluding hydrogens is 252 g/mol. The number of carbonyl (C=O) groups excluding carboxylic acids is 1. The Morgan fingerprint density at radius 2 is 2.11 bits per heavy atom. The van der Waals surface area contributed by atoms with Crippen LogP contribution in [0.3, 0.4) is 0 Å². The van der Waals surface area contributed by atoms with Gasteiger partial charge >= 0.3 is 0 Å². The molecular formula is C12H13ClN4O. The van der Waals surface area contributed by atoms with Crippen molar-refractivity contribution >= 4 is 17.5 Å². The van der Waals surface area contributed by atoms with Crippen LogP contribution in [-0.4, -0.2) is 39.9 Å². The SMILES string of the molecule is CN(C)C(=O)c1cn(Cc2ccccc2Cl)nn1. The van der Waals surface area contributed by atoms with Crippen LogP contribution in [0.25, 0.3) is 0 Å². The fraction of sp³-hybridized carbons (Fsp3) is 0.250. The van der Waals surface area contributed by atoms with Gasteiger partial charge in [-0.25, -0.2) is 4.68 Å². The first kappa shape index (κ1) is 12.6. The van der Waals surface area contributed by atoms with Gasteiger partial charge in [0.15, 0.2) is 5.69 Å². The molecule has 1 aromatic heterocycles. The van der Waals surface area contributed by atoms with E-state index in [1.807, 2.05) is 24.3 Å². The maximum Gasteiger partial charge on any atom is 0.275 e. The third-order valence-electron chi connectivity index (χ3n) is 2.45. The lowest BCUT2D eigenvalue weighted by Gasteiger charge is -2.06. The predicted molar refractivity (Wildman–Crippen MR) is 68.6 cm³/mol. The summed E-state index contributed by atoms with van der Waals surface area (Å²) in [5, 5.41) is 8.43. The van der Waals surface area contributed by atoms with Gasteiger partial charge in [0.25, 0.3) is 5.91 Å². The molecule has 6 heteroatoms. The summed E-state index contributed by atoms with van der Waals surface area (Å²) in [4.78, 5) is 13.1. The quantitative estimate of drug-likeness (QED) is 0.848. The van der Waals surface area contributed by atoms with Crippen LogP contribution in [0, 0.1) is 0 Å². The molecule has 1 amide bonds. The normalized spacial score (nSPS) is 10.4. The minimum Gasteiger partial charge on any atom is -0.343 e. The van der Waals surface area contributed by atoms with Gasteiger partial charge in [0.2, 0.25) is 0 Å². The molecule has 1 heterocycles. The van der Waals surface area contributed by atoms with E-state index in [-0.39, 0.29) is 5.91 Å². The zero-order valence-corrected chi connectivity index (χ0v) is 10.9. The highest BCUT2D eigenvalue weighted by molar-refractivity contribution is 6.31. The molecule has 0 aliphatic carbocycles. The van der Waals surface area contributed by atoms with Gasteiger partial charge in [0.1, 0.15) is 0 Å². The number of benzene rings is 1. The number of aromatic nitrogens is 3. The fourth-order valence-corrected chi connectivity index (χ4v) is 1.70. The number of nitrogens with zero attached hydrogens (tertiary/aromatic N) is 4. The van der Waals surface area contributed by atoms with Crippen molar-refractivity contribution in [1.82, 2.24) is 19.9 Å². The standard InChI is InChI=1S/C12H13ClN4O/c1-16(2)12(18)11-8-17(15-14-11)7-9-5-3-4-6-10(9)13/h3-6,8H,7H2,1-2H3. The summed E-state index contributed by atoms with van der Waals surface area (Å²) in [7, 11) is 3.35. The molecule has 18 heavy (non-hydrogen) atoms. The molecule has 0 N–H and O–H groups in total. The Morgan fingerprint density at radius 3 is 2.78 bits per heavy atom. The molecule has 0 aliphatic heterocycles. The van der Waals surface area contributed by atoms with E-state index < -0.39 is 0 Å². The number of rotatable bonds is 3. The summed E-state index contributed by atoms with van der Waals surface area (Å²) in [6, 6.07) is 7.51. The van der Waals surface area contributed by atoms with Gasteiger partial charge in [-0.05, 0) is 11.6 Å². The lowest BCUT2D eigenvalue weighted by Crippen LogP contribution is -2.21. The topological polar surface area (TPSA) is 51.0 Å². The Balaban J connectivity index is 2.17. The van der Waals surface area contributed by atoms with E-state index in [2.05, 4.69) is 10.3 Å². The van der Waals surface area contributed by atoms with E-state index in [9.17, 15) is 4.79 Å². The molecule has 0 atom stereocenters.